The molecule has 0 aliphatic carbocycles. The molecule has 0 saturated carbocycles. The molecule has 0 bridgehead atoms. The van der Waals surface area contributed by atoms with Gasteiger partial charge in [-0.1, -0.05) is 0 Å². The first-order chi connectivity index (χ1) is 11.3. The Bertz CT molecular complexity index is 785. The van der Waals surface area contributed by atoms with Crippen LogP contribution in [0.5, 0.6) is 17.2 Å². The van der Waals surface area contributed by atoms with E-state index in [0.29, 0.717) is 0 Å². The number of H-pyrrole nitrogens is 1. The van der Waals surface area contributed by atoms with Crippen LogP contribution in [0.1, 0.15) is 30.6 Å². The van der Waals surface area contributed by atoms with Gasteiger partial charge < -0.3 is 14.6 Å². The van der Waals surface area contributed by atoms with Gasteiger partial charge in [0, 0.05) is 12.1 Å². The zero-order valence-corrected chi connectivity index (χ0v) is 13.1. The summed E-state index contributed by atoms with van der Waals surface area (Å²) in [5.41, 5.74) is -0.536. The number of aromatic hydroxyl groups is 1. The van der Waals surface area contributed by atoms with Gasteiger partial charge in [-0.25, -0.2) is 5.10 Å². The third-order valence-electron chi connectivity index (χ3n) is 3.35. The quantitative estimate of drug-likeness (QED) is 0.769. The van der Waals surface area contributed by atoms with Crippen LogP contribution in [0.4, 0.5) is 5.95 Å². The number of carbonyl (C=O) groups is 2. The molecule has 126 valence electrons. The van der Waals surface area contributed by atoms with Crippen molar-refractivity contribution in [3.63, 3.8) is 0 Å². The zero-order valence-electron chi connectivity index (χ0n) is 13.1. The van der Waals surface area contributed by atoms with Crippen molar-refractivity contribution < 1.29 is 24.2 Å². The Balaban J connectivity index is 1.72. The second-order valence-corrected chi connectivity index (χ2v) is 5.95. The Morgan fingerprint density at radius 1 is 1.50 bits per heavy atom. The van der Waals surface area contributed by atoms with Crippen molar-refractivity contribution in [2.24, 2.45) is 0 Å². The van der Waals surface area contributed by atoms with E-state index in [1.54, 1.807) is 13.8 Å². The van der Waals surface area contributed by atoms with Gasteiger partial charge in [-0.3, -0.25) is 14.9 Å². The highest BCUT2D eigenvalue weighted by molar-refractivity contribution is 6.03. The molecule has 3 N–H and O–H groups in total. The number of fused-ring (bicyclic) bond motifs is 1. The number of anilines is 1. The van der Waals surface area contributed by atoms with E-state index in [0.717, 1.165) is 0 Å². The number of amides is 1. The molecule has 24 heavy (non-hydrogen) atoms. The van der Waals surface area contributed by atoms with Crippen LogP contribution in [-0.2, 0) is 4.79 Å². The summed E-state index contributed by atoms with van der Waals surface area (Å²) in [5, 5.41) is 18.6. The number of Topliss-reactive ketones (excluding diaryl/α,β-unsaturated/α-hetero) is 1. The minimum atomic E-state index is -0.668. The van der Waals surface area contributed by atoms with Crippen molar-refractivity contribution in [3.05, 3.63) is 24.0 Å². The molecular weight excluding hydrogens is 316 g/mol. The number of ketones is 1. The molecule has 2 heterocycles. The van der Waals surface area contributed by atoms with Crippen LogP contribution in [0, 0.1) is 0 Å². The number of benzene rings is 1. The Morgan fingerprint density at radius 3 is 3.00 bits per heavy atom. The third kappa shape index (κ3) is 3.29. The molecule has 0 fully saturated rings. The Morgan fingerprint density at radius 2 is 2.29 bits per heavy atom. The van der Waals surface area contributed by atoms with Gasteiger partial charge in [-0.15, -0.1) is 0 Å². The van der Waals surface area contributed by atoms with Crippen molar-refractivity contribution in [2.75, 3.05) is 11.9 Å². The smallest absolute Gasteiger partial charge is 0.264 e. The fourth-order valence-corrected chi connectivity index (χ4v) is 2.41. The fraction of sp³-hybridized carbons (Fsp3) is 0.333. The monoisotopic (exact) mass is 332 g/mol. The largest absolute Gasteiger partial charge is 0.507 e. The van der Waals surface area contributed by atoms with Crippen LogP contribution >= 0.6 is 0 Å². The number of aromatic nitrogens is 3. The third-order valence-corrected chi connectivity index (χ3v) is 3.35. The number of rotatable bonds is 4. The summed E-state index contributed by atoms with van der Waals surface area (Å²) < 4.78 is 11.1. The summed E-state index contributed by atoms with van der Waals surface area (Å²) in [6.45, 7) is 3.25. The van der Waals surface area contributed by atoms with Crippen LogP contribution in [0.15, 0.2) is 18.5 Å². The van der Waals surface area contributed by atoms with Crippen LogP contribution in [0.2, 0.25) is 0 Å². The number of aromatic amines is 1. The van der Waals surface area contributed by atoms with Crippen molar-refractivity contribution in [1.29, 1.82) is 0 Å². The lowest BCUT2D eigenvalue weighted by molar-refractivity contribution is -0.118. The standard InChI is InChI=1S/C15H16N4O5/c1-15(2)5-10(21)13-9(20)3-8(4-11(13)24-15)23-6-12(22)18-14-16-7-17-19-14/h3-4,7,20H,5-6H2,1-2H3,(H2,16,17,18,19,22). The van der Waals surface area contributed by atoms with E-state index in [1.807, 2.05) is 0 Å². The molecule has 1 aromatic carbocycles. The molecule has 1 aliphatic heterocycles. The summed E-state index contributed by atoms with van der Waals surface area (Å²) in [7, 11) is 0. The SMILES string of the molecule is CC1(C)CC(=O)c2c(O)cc(OCC(=O)Nc3ncn[nH]3)cc2O1. The molecule has 0 unspecified atom stereocenters. The molecule has 0 atom stereocenters. The van der Waals surface area contributed by atoms with E-state index in [1.165, 1.54) is 18.5 Å². The number of phenolic OH excluding ortho intramolecular Hbond substituents is 1. The Kier molecular flexibility index (Phi) is 3.84. The van der Waals surface area contributed by atoms with Crippen LogP contribution in [0.3, 0.4) is 0 Å². The number of hydrogen-bond acceptors (Lipinski definition) is 7. The van der Waals surface area contributed by atoms with Crippen molar-refractivity contribution in [2.45, 2.75) is 25.9 Å². The van der Waals surface area contributed by atoms with Gasteiger partial charge in [0.25, 0.3) is 5.91 Å². The predicted octanol–water partition coefficient (Wildman–Crippen LogP) is 1.27. The number of ether oxygens (including phenoxy) is 2. The van der Waals surface area contributed by atoms with Gasteiger partial charge in [0.05, 0.1) is 6.42 Å². The van der Waals surface area contributed by atoms with Crippen LogP contribution in [-0.4, -0.2) is 44.2 Å². The number of carbonyl (C=O) groups excluding carboxylic acids is 2. The van der Waals surface area contributed by atoms with E-state index < -0.39 is 11.5 Å². The normalized spacial score (nSPS) is 15.3. The minimum Gasteiger partial charge on any atom is -0.507 e. The zero-order chi connectivity index (χ0) is 17.3. The highest BCUT2D eigenvalue weighted by Gasteiger charge is 2.34. The first kappa shape index (κ1) is 15.8. The number of phenols is 1. The predicted molar refractivity (Wildman–Crippen MR) is 82.3 cm³/mol. The fourth-order valence-electron chi connectivity index (χ4n) is 2.41. The molecule has 1 aromatic heterocycles. The molecule has 1 amide bonds. The molecule has 2 aromatic rings. The van der Waals surface area contributed by atoms with E-state index >= 15 is 0 Å². The molecular formula is C15H16N4O5. The maximum absolute atomic E-state index is 12.1. The summed E-state index contributed by atoms with van der Waals surface area (Å²) in [6, 6.07) is 2.76. The van der Waals surface area contributed by atoms with Gasteiger partial charge >= 0.3 is 0 Å². The summed E-state index contributed by atoms with van der Waals surface area (Å²) >= 11 is 0. The maximum atomic E-state index is 12.1. The molecule has 9 nitrogen and oxygen atoms in total. The maximum Gasteiger partial charge on any atom is 0.264 e. The lowest BCUT2D eigenvalue weighted by Crippen LogP contribution is -2.35. The number of nitrogens with zero attached hydrogens (tertiary/aromatic N) is 2. The molecule has 0 radical (unpaired) electrons. The second-order valence-electron chi connectivity index (χ2n) is 5.95. The topological polar surface area (TPSA) is 126 Å². The first-order valence-corrected chi connectivity index (χ1v) is 7.21. The van der Waals surface area contributed by atoms with Crippen LogP contribution in [0.25, 0.3) is 0 Å². The van der Waals surface area contributed by atoms with Gasteiger partial charge in [0.15, 0.2) is 12.4 Å². The van der Waals surface area contributed by atoms with E-state index in [2.05, 4.69) is 20.5 Å². The molecule has 0 spiro atoms. The Hall–Kier alpha value is -3.10. The van der Waals surface area contributed by atoms with Crippen LogP contribution < -0.4 is 14.8 Å². The molecule has 3 rings (SSSR count). The minimum absolute atomic E-state index is 0.132. The highest BCUT2D eigenvalue weighted by atomic mass is 16.5. The van der Waals surface area contributed by atoms with Crippen molar-refractivity contribution in [3.8, 4) is 17.2 Å². The lowest BCUT2D eigenvalue weighted by atomic mass is 9.92. The lowest BCUT2D eigenvalue weighted by Gasteiger charge is -2.32. The Labute approximate surface area is 137 Å². The van der Waals surface area contributed by atoms with E-state index in [9.17, 15) is 14.7 Å². The molecule has 1 aliphatic rings. The summed E-state index contributed by atoms with van der Waals surface area (Å²) in [5.74, 6) is -0.243. The first-order valence-electron chi connectivity index (χ1n) is 7.21. The average molecular weight is 332 g/mol. The summed E-state index contributed by atoms with van der Waals surface area (Å²) in [4.78, 5) is 27.6. The van der Waals surface area contributed by atoms with Gasteiger partial charge in [0.2, 0.25) is 5.95 Å². The number of nitrogens with one attached hydrogen (secondary N) is 2. The molecule has 9 heteroatoms. The highest BCUT2D eigenvalue weighted by Crippen LogP contribution is 2.40. The second kappa shape index (κ2) is 5.84. The van der Waals surface area contributed by atoms with E-state index in [4.69, 9.17) is 9.47 Å². The van der Waals surface area contributed by atoms with Gasteiger partial charge in [-0.2, -0.15) is 10.1 Å². The van der Waals surface area contributed by atoms with Crippen molar-refractivity contribution in [1.82, 2.24) is 15.2 Å². The van der Waals surface area contributed by atoms with E-state index in [-0.39, 0.29) is 47.6 Å². The van der Waals surface area contributed by atoms with Gasteiger partial charge in [-0.05, 0) is 13.8 Å². The van der Waals surface area contributed by atoms with Crippen molar-refractivity contribution >= 4 is 17.6 Å². The number of hydrogen-bond donors (Lipinski definition) is 3. The molecule has 0 saturated heterocycles. The average Bonchev–Trinajstić information content (AvgIpc) is 2.95. The van der Waals surface area contributed by atoms with Gasteiger partial charge in [0.1, 0.15) is 34.7 Å². The summed E-state index contributed by atoms with van der Waals surface area (Å²) in [6.07, 6.45) is 1.43.